The molecule has 1 atom stereocenters. The van der Waals surface area contributed by atoms with Crippen LogP contribution in [0.15, 0.2) is 77.7 Å². The number of amides is 2. The van der Waals surface area contributed by atoms with Gasteiger partial charge in [0, 0.05) is 18.1 Å². The largest absolute Gasteiger partial charge is 0.354 e. The molecule has 0 aromatic heterocycles. The number of rotatable bonds is 12. The van der Waals surface area contributed by atoms with Gasteiger partial charge in [0.2, 0.25) is 11.8 Å². The number of anilines is 1. The number of carbonyl (C=O) groups excluding carboxylic acids is 2. The van der Waals surface area contributed by atoms with Crippen molar-refractivity contribution in [3.05, 3.63) is 93.4 Å². The first-order chi connectivity index (χ1) is 18.5. The number of nitrogens with one attached hydrogen (secondary N) is 1. The summed E-state index contributed by atoms with van der Waals surface area (Å²) in [5.74, 6) is -0.922. The second-order valence-electron chi connectivity index (χ2n) is 8.89. The maximum Gasteiger partial charge on any atom is 0.264 e. The van der Waals surface area contributed by atoms with E-state index in [1.807, 2.05) is 6.92 Å². The maximum absolute atomic E-state index is 13.9. The molecular weight excluding hydrogens is 581 g/mol. The van der Waals surface area contributed by atoms with E-state index in [4.69, 9.17) is 34.8 Å². The molecule has 208 valence electrons. The lowest BCUT2D eigenvalue weighted by atomic mass is 10.1. The molecule has 0 saturated carbocycles. The molecule has 3 rings (SSSR count). The standard InChI is InChI=1S/C28H30Cl3N3O4S/c1-3-4-16-32-28(36)20(2)33(18-21-10-15-25(30)26(31)17-21)27(35)19-34(23-13-11-22(29)12-14-23)39(37,38)24-8-6-5-7-9-24/h5-15,17,20H,3-4,16,18-19H2,1-2H3,(H,32,36)/t20-/m1/s1. The Balaban J connectivity index is 1.99. The smallest absolute Gasteiger partial charge is 0.264 e. The number of hydrogen-bond acceptors (Lipinski definition) is 4. The highest BCUT2D eigenvalue weighted by Gasteiger charge is 2.32. The van der Waals surface area contributed by atoms with Gasteiger partial charge < -0.3 is 10.2 Å². The molecule has 0 aliphatic heterocycles. The second kappa shape index (κ2) is 14.0. The molecule has 0 saturated heterocycles. The van der Waals surface area contributed by atoms with Crippen LogP contribution in [0.1, 0.15) is 32.3 Å². The summed E-state index contributed by atoms with van der Waals surface area (Å²) in [4.78, 5) is 28.2. The third kappa shape index (κ3) is 8.11. The van der Waals surface area contributed by atoms with Crippen molar-refractivity contribution in [2.24, 2.45) is 0 Å². The van der Waals surface area contributed by atoms with Crippen molar-refractivity contribution < 1.29 is 18.0 Å². The minimum atomic E-state index is -4.14. The van der Waals surface area contributed by atoms with Crippen LogP contribution in [0, 0.1) is 0 Å². The third-order valence-electron chi connectivity index (χ3n) is 6.06. The van der Waals surface area contributed by atoms with Crippen molar-refractivity contribution in [1.82, 2.24) is 10.2 Å². The zero-order valence-electron chi connectivity index (χ0n) is 21.6. The van der Waals surface area contributed by atoms with E-state index in [1.165, 1.54) is 29.2 Å². The number of unbranched alkanes of at least 4 members (excludes halogenated alkanes) is 1. The van der Waals surface area contributed by atoms with Crippen molar-refractivity contribution in [1.29, 1.82) is 0 Å². The summed E-state index contributed by atoms with van der Waals surface area (Å²) in [6.45, 7) is 3.54. The van der Waals surface area contributed by atoms with E-state index in [2.05, 4.69) is 5.32 Å². The van der Waals surface area contributed by atoms with Crippen molar-refractivity contribution in [3.63, 3.8) is 0 Å². The topological polar surface area (TPSA) is 86.8 Å². The number of sulfonamides is 1. The normalized spacial score (nSPS) is 12.0. The van der Waals surface area contributed by atoms with Gasteiger partial charge in [0.05, 0.1) is 20.6 Å². The zero-order valence-corrected chi connectivity index (χ0v) is 24.7. The van der Waals surface area contributed by atoms with Gasteiger partial charge in [0.25, 0.3) is 10.0 Å². The maximum atomic E-state index is 13.9. The fourth-order valence-electron chi connectivity index (χ4n) is 3.81. The summed E-state index contributed by atoms with van der Waals surface area (Å²) < 4.78 is 28.4. The van der Waals surface area contributed by atoms with Gasteiger partial charge in [-0.15, -0.1) is 0 Å². The molecule has 0 radical (unpaired) electrons. The molecule has 0 aliphatic rings. The van der Waals surface area contributed by atoms with E-state index in [0.29, 0.717) is 27.2 Å². The zero-order chi connectivity index (χ0) is 28.6. The Labute approximate surface area is 244 Å². The number of benzene rings is 3. The molecular formula is C28H30Cl3N3O4S. The molecule has 3 aromatic rings. The quantitative estimate of drug-likeness (QED) is 0.248. The number of hydrogen-bond donors (Lipinski definition) is 1. The highest BCUT2D eigenvalue weighted by Crippen LogP contribution is 2.27. The lowest BCUT2D eigenvalue weighted by Crippen LogP contribution is -2.51. The monoisotopic (exact) mass is 609 g/mol. The van der Waals surface area contributed by atoms with E-state index in [9.17, 15) is 18.0 Å². The minimum Gasteiger partial charge on any atom is -0.354 e. The molecule has 1 N–H and O–H groups in total. The lowest BCUT2D eigenvalue weighted by Gasteiger charge is -2.32. The molecule has 3 aromatic carbocycles. The van der Waals surface area contributed by atoms with Crippen molar-refractivity contribution in [2.75, 3.05) is 17.4 Å². The third-order valence-corrected chi connectivity index (χ3v) is 8.84. The molecule has 0 unspecified atom stereocenters. The average Bonchev–Trinajstić information content (AvgIpc) is 2.93. The molecule has 39 heavy (non-hydrogen) atoms. The molecule has 0 aliphatic carbocycles. The van der Waals surface area contributed by atoms with E-state index in [0.717, 1.165) is 17.1 Å². The molecule has 0 spiro atoms. The lowest BCUT2D eigenvalue weighted by molar-refractivity contribution is -0.139. The average molecular weight is 611 g/mol. The van der Waals surface area contributed by atoms with Crippen LogP contribution in [0.2, 0.25) is 15.1 Å². The van der Waals surface area contributed by atoms with Gasteiger partial charge in [-0.3, -0.25) is 13.9 Å². The predicted molar refractivity (Wildman–Crippen MR) is 157 cm³/mol. The molecule has 7 nitrogen and oxygen atoms in total. The van der Waals surface area contributed by atoms with E-state index < -0.39 is 28.5 Å². The van der Waals surface area contributed by atoms with Gasteiger partial charge in [0.15, 0.2) is 0 Å². The second-order valence-corrected chi connectivity index (χ2v) is 12.0. The van der Waals surface area contributed by atoms with Crippen LogP contribution in [0.4, 0.5) is 5.69 Å². The van der Waals surface area contributed by atoms with Crippen LogP contribution >= 0.6 is 34.8 Å². The highest BCUT2D eigenvalue weighted by atomic mass is 35.5. The fourth-order valence-corrected chi connectivity index (χ4v) is 5.69. The number of halogens is 3. The summed E-state index contributed by atoms with van der Waals surface area (Å²) in [6, 6.07) is 18.0. The molecule has 0 bridgehead atoms. The Morgan fingerprint density at radius 1 is 0.923 bits per heavy atom. The number of nitrogens with zero attached hydrogens (tertiary/aromatic N) is 2. The van der Waals surface area contributed by atoms with E-state index in [-0.39, 0.29) is 23.0 Å². The van der Waals surface area contributed by atoms with Crippen molar-refractivity contribution in [3.8, 4) is 0 Å². The Morgan fingerprint density at radius 2 is 1.59 bits per heavy atom. The summed E-state index contributed by atoms with van der Waals surface area (Å²) in [5.41, 5.74) is 0.890. The Morgan fingerprint density at radius 3 is 2.21 bits per heavy atom. The SMILES string of the molecule is CCCCNC(=O)[C@@H](C)N(Cc1ccc(Cl)c(Cl)c1)C(=O)CN(c1ccc(Cl)cc1)S(=O)(=O)c1ccccc1. The molecule has 11 heteroatoms. The predicted octanol–water partition coefficient (Wildman–Crippen LogP) is 6.18. The van der Waals surface area contributed by atoms with Gasteiger partial charge >= 0.3 is 0 Å². The van der Waals surface area contributed by atoms with Gasteiger partial charge in [-0.2, -0.15) is 0 Å². The van der Waals surface area contributed by atoms with Crippen LogP contribution in [-0.4, -0.2) is 44.3 Å². The highest BCUT2D eigenvalue weighted by molar-refractivity contribution is 7.92. The van der Waals surface area contributed by atoms with Gasteiger partial charge in [-0.1, -0.05) is 72.4 Å². The summed E-state index contributed by atoms with van der Waals surface area (Å²) in [5, 5.41) is 3.92. The van der Waals surface area contributed by atoms with Gasteiger partial charge in [-0.05, 0) is 67.4 Å². The van der Waals surface area contributed by atoms with Crippen LogP contribution in [0.25, 0.3) is 0 Å². The van der Waals surface area contributed by atoms with Gasteiger partial charge in [-0.25, -0.2) is 8.42 Å². The van der Waals surface area contributed by atoms with Crippen molar-refractivity contribution in [2.45, 2.75) is 44.2 Å². The first-order valence-electron chi connectivity index (χ1n) is 12.4. The summed E-state index contributed by atoms with van der Waals surface area (Å²) >= 11 is 18.3. The summed E-state index contributed by atoms with van der Waals surface area (Å²) in [7, 11) is -4.14. The van der Waals surface area contributed by atoms with E-state index in [1.54, 1.807) is 55.5 Å². The molecule has 2 amide bonds. The Kier molecular flexibility index (Phi) is 11.1. The molecule has 0 heterocycles. The first kappa shape index (κ1) is 30.8. The Bertz CT molecular complexity index is 1390. The van der Waals surface area contributed by atoms with Crippen LogP contribution < -0.4 is 9.62 Å². The summed E-state index contributed by atoms with van der Waals surface area (Å²) in [6.07, 6.45) is 1.69. The van der Waals surface area contributed by atoms with Gasteiger partial charge in [0.1, 0.15) is 12.6 Å². The fraction of sp³-hybridized carbons (Fsp3) is 0.286. The van der Waals surface area contributed by atoms with Crippen LogP contribution in [0.5, 0.6) is 0 Å². The minimum absolute atomic E-state index is 0.0118. The Hall–Kier alpha value is -2.78. The molecule has 0 fully saturated rings. The van der Waals surface area contributed by atoms with Crippen LogP contribution in [0.3, 0.4) is 0 Å². The van der Waals surface area contributed by atoms with E-state index >= 15 is 0 Å². The van der Waals surface area contributed by atoms with Crippen molar-refractivity contribution >= 4 is 62.3 Å². The number of carbonyl (C=O) groups is 2. The van der Waals surface area contributed by atoms with Crippen LogP contribution in [-0.2, 0) is 26.2 Å². The first-order valence-corrected chi connectivity index (χ1v) is 15.0.